The third kappa shape index (κ3) is 3.56. The summed E-state index contributed by atoms with van der Waals surface area (Å²) in [5, 5.41) is 16.1. The van der Waals surface area contributed by atoms with Crippen molar-refractivity contribution in [1.82, 2.24) is 15.4 Å². The average Bonchev–Trinajstić information content (AvgIpc) is 2.79. The van der Waals surface area contributed by atoms with Gasteiger partial charge in [-0.25, -0.2) is 4.79 Å². The Morgan fingerprint density at radius 1 is 1.52 bits per heavy atom. The Bertz CT molecular complexity index is 465. The van der Waals surface area contributed by atoms with Crippen molar-refractivity contribution in [1.29, 1.82) is 0 Å². The van der Waals surface area contributed by atoms with Gasteiger partial charge in [-0.05, 0) is 46.5 Å². The lowest BCUT2D eigenvalue weighted by atomic mass is 10.00. The number of aliphatic hydroxyl groups is 1. The number of urea groups is 1. The van der Waals surface area contributed by atoms with E-state index in [-0.39, 0.29) is 24.7 Å². The van der Waals surface area contributed by atoms with Crippen LogP contribution in [-0.2, 0) is 0 Å². The lowest BCUT2D eigenvalue weighted by Gasteiger charge is -2.36. The van der Waals surface area contributed by atoms with E-state index in [1.807, 2.05) is 25.7 Å². The Kier molecular flexibility index (Phi) is 5.22. The third-order valence-electron chi connectivity index (χ3n) is 4.21. The molecule has 2 heterocycles. The Morgan fingerprint density at radius 3 is 2.90 bits per heavy atom. The highest BCUT2D eigenvalue weighted by atomic mass is 16.5. The van der Waals surface area contributed by atoms with Gasteiger partial charge in [0.15, 0.2) is 0 Å². The lowest BCUT2D eigenvalue weighted by Crippen LogP contribution is -2.49. The number of hydrogen-bond acceptors (Lipinski definition) is 4. The van der Waals surface area contributed by atoms with Gasteiger partial charge in [0, 0.05) is 24.8 Å². The fourth-order valence-electron chi connectivity index (χ4n) is 3.17. The molecule has 0 spiro atoms. The first kappa shape index (κ1) is 15.8. The largest absolute Gasteiger partial charge is 0.396 e. The molecule has 2 amide bonds. The summed E-state index contributed by atoms with van der Waals surface area (Å²) >= 11 is 0. The van der Waals surface area contributed by atoms with Crippen molar-refractivity contribution in [2.45, 2.75) is 58.5 Å². The van der Waals surface area contributed by atoms with Crippen LogP contribution in [0.15, 0.2) is 4.52 Å². The topological polar surface area (TPSA) is 78.6 Å². The van der Waals surface area contributed by atoms with Crippen LogP contribution in [0.3, 0.4) is 0 Å². The van der Waals surface area contributed by atoms with Crippen molar-refractivity contribution in [2.24, 2.45) is 0 Å². The smallest absolute Gasteiger partial charge is 0.318 e. The number of likely N-dealkylation sites (tertiary alicyclic amines) is 1. The molecule has 0 aliphatic carbocycles. The van der Waals surface area contributed by atoms with E-state index in [1.54, 1.807) is 0 Å². The Balaban J connectivity index is 2.02. The molecular formula is C15H25N3O3. The Labute approximate surface area is 125 Å². The number of aromatic nitrogens is 1. The minimum absolute atomic E-state index is 0.0688. The molecule has 118 valence electrons. The van der Waals surface area contributed by atoms with Crippen molar-refractivity contribution in [3.8, 4) is 0 Å². The van der Waals surface area contributed by atoms with Gasteiger partial charge in [-0.3, -0.25) is 0 Å². The summed E-state index contributed by atoms with van der Waals surface area (Å²) in [4.78, 5) is 14.3. The van der Waals surface area contributed by atoms with Crippen molar-refractivity contribution >= 4 is 6.03 Å². The first-order chi connectivity index (χ1) is 10.0. The molecule has 0 saturated carbocycles. The number of aliphatic hydroxyl groups excluding tert-OH is 1. The molecule has 0 radical (unpaired) electrons. The maximum Gasteiger partial charge on any atom is 0.318 e. The zero-order valence-electron chi connectivity index (χ0n) is 13.1. The van der Waals surface area contributed by atoms with Crippen LogP contribution in [0, 0.1) is 13.8 Å². The monoisotopic (exact) mass is 295 g/mol. The summed E-state index contributed by atoms with van der Waals surface area (Å²) in [6.45, 7) is 6.55. The molecule has 1 aliphatic rings. The molecule has 2 rings (SSSR count). The fourth-order valence-corrected chi connectivity index (χ4v) is 3.17. The van der Waals surface area contributed by atoms with Gasteiger partial charge >= 0.3 is 6.03 Å². The molecule has 1 aromatic rings. The second-order valence-electron chi connectivity index (χ2n) is 5.76. The number of carbonyl (C=O) groups is 1. The second kappa shape index (κ2) is 6.93. The van der Waals surface area contributed by atoms with E-state index in [4.69, 9.17) is 9.63 Å². The summed E-state index contributed by atoms with van der Waals surface area (Å²) in [6.07, 6.45) is 3.75. The van der Waals surface area contributed by atoms with Crippen LogP contribution < -0.4 is 5.32 Å². The molecule has 2 atom stereocenters. The summed E-state index contributed by atoms with van der Waals surface area (Å²) in [5.41, 5.74) is 1.75. The van der Waals surface area contributed by atoms with Crippen LogP contribution in [0.1, 0.15) is 55.7 Å². The first-order valence-corrected chi connectivity index (χ1v) is 7.65. The summed E-state index contributed by atoms with van der Waals surface area (Å²) in [7, 11) is 0. The molecule has 1 aromatic heterocycles. The fraction of sp³-hybridized carbons (Fsp3) is 0.733. The number of nitrogens with one attached hydrogen (secondary N) is 1. The number of rotatable bonds is 4. The Morgan fingerprint density at radius 2 is 2.29 bits per heavy atom. The second-order valence-corrected chi connectivity index (χ2v) is 5.76. The van der Waals surface area contributed by atoms with E-state index >= 15 is 0 Å². The molecule has 6 nitrogen and oxygen atoms in total. The number of aryl methyl sites for hydroxylation is 2. The number of hydrogen-bond donors (Lipinski definition) is 2. The summed E-state index contributed by atoms with van der Waals surface area (Å²) in [6, 6.07) is -0.0679. The average molecular weight is 295 g/mol. The van der Waals surface area contributed by atoms with Crippen LogP contribution in [-0.4, -0.2) is 40.4 Å². The molecule has 1 fully saturated rings. The zero-order valence-corrected chi connectivity index (χ0v) is 13.1. The molecular weight excluding hydrogens is 270 g/mol. The number of amides is 2. The predicted molar refractivity (Wildman–Crippen MR) is 79.0 cm³/mol. The van der Waals surface area contributed by atoms with Crippen LogP contribution in [0.4, 0.5) is 4.79 Å². The molecule has 1 aliphatic heterocycles. The van der Waals surface area contributed by atoms with Gasteiger partial charge in [-0.1, -0.05) is 5.16 Å². The normalized spacial score (nSPS) is 20.4. The lowest BCUT2D eigenvalue weighted by molar-refractivity contribution is 0.130. The van der Waals surface area contributed by atoms with Crippen molar-refractivity contribution in [3.63, 3.8) is 0 Å². The van der Waals surface area contributed by atoms with Gasteiger partial charge in [-0.15, -0.1) is 0 Å². The molecule has 21 heavy (non-hydrogen) atoms. The third-order valence-corrected chi connectivity index (χ3v) is 4.21. The van der Waals surface area contributed by atoms with E-state index in [1.165, 1.54) is 0 Å². The standard InChI is InChI=1S/C15H25N3O3/c1-10(14-11(2)17-21-12(14)3)16-15(20)18-8-5-4-6-13(18)7-9-19/h10,13,19H,4-9H2,1-3H3,(H,16,20)/t10-,13-/m1/s1. The number of carbonyl (C=O) groups excluding carboxylic acids is 1. The van der Waals surface area contributed by atoms with Crippen LogP contribution in [0.2, 0.25) is 0 Å². The van der Waals surface area contributed by atoms with Gasteiger partial charge in [-0.2, -0.15) is 0 Å². The van der Waals surface area contributed by atoms with Gasteiger partial charge in [0.1, 0.15) is 5.76 Å². The number of nitrogens with zero attached hydrogens (tertiary/aromatic N) is 2. The van der Waals surface area contributed by atoms with Crippen LogP contribution in [0.5, 0.6) is 0 Å². The van der Waals surface area contributed by atoms with E-state index in [2.05, 4.69) is 10.5 Å². The molecule has 2 N–H and O–H groups in total. The highest BCUT2D eigenvalue weighted by Gasteiger charge is 2.28. The maximum absolute atomic E-state index is 12.5. The quantitative estimate of drug-likeness (QED) is 0.893. The van der Waals surface area contributed by atoms with E-state index in [0.29, 0.717) is 6.42 Å². The molecule has 0 bridgehead atoms. The van der Waals surface area contributed by atoms with Gasteiger partial charge in [0.2, 0.25) is 0 Å². The molecule has 0 aromatic carbocycles. The Hall–Kier alpha value is -1.56. The van der Waals surface area contributed by atoms with E-state index < -0.39 is 0 Å². The highest BCUT2D eigenvalue weighted by molar-refractivity contribution is 5.75. The predicted octanol–water partition coefficient (Wildman–Crippen LogP) is 2.30. The van der Waals surface area contributed by atoms with Gasteiger partial charge in [0.25, 0.3) is 0 Å². The summed E-state index contributed by atoms with van der Waals surface area (Å²) < 4.78 is 5.16. The molecule has 0 unspecified atom stereocenters. The summed E-state index contributed by atoms with van der Waals surface area (Å²) in [5.74, 6) is 0.742. The van der Waals surface area contributed by atoms with Crippen LogP contribution in [0.25, 0.3) is 0 Å². The SMILES string of the molecule is Cc1noc(C)c1[C@@H](C)NC(=O)N1CCCC[C@@H]1CCO. The first-order valence-electron chi connectivity index (χ1n) is 7.65. The minimum atomic E-state index is -0.138. The van der Waals surface area contributed by atoms with Gasteiger partial charge in [0.05, 0.1) is 11.7 Å². The zero-order chi connectivity index (χ0) is 15.4. The maximum atomic E-state index is 12.5. The van der Waals surface area contributed by atoms with Crippen LogP contribution >= 0.6 is 0 Å². The van der Waals surface area contributed by atoms with Crippen molar-refractivity contribution in [2.75, 3.05) is 13.2 Å². The van der Waals surface area contributed by atoms with Crippen molar-refractivity contribution < 1.29 is 14.4 Å². The minimum Gasteiger partial charge on any atom is -0.396 e. The van der Waals surface area contributed by atoms with E-state index in [9.17, 15) is 4.79 Å². The van der Waals surface area contributed by atoms with Gasteiger partial charge < -0.3 is 19.8 Å². The molecule has 1 saturated heterocycles. The number of piperidine rings is 1. The molecule has 6 heteroatoms. The van der Waals surface area contributed by atoms with E-state index in [0.717, 1.165) is 42.8 Å². The highest BCUT2D eigenvalue weighted by Crippen LogP contribution is 2.23. The van der Waals surface area contributed by atoms with Crippen molar-refractivity contribution in [3.05, 3.63) is 17.0 Å².